The standard InChI is InChI=1S/C16H20N2O2/c1-5-12-10-14(18(4)17-12)16(19)13-8-6-7-9-15(13)20-11(2)3/h6-11H,5H2,1-4H3. The molecule has 0 spiro atoms. The summed E-state index contributed by atoms with van der Waals surface area (Å²) < 4.78 is 7.34. The van der Waals surface area contributed by atoms with Crippen LogP contribution in [0.5, 0.6) is 5.75 Å². The fourth-order valence-corrected chi connectivity index (χ4v) is 2.06. The Morgan fingerprint density at radius 2 is 2.05 bits per heavy atom. The summed E-state index contributed by atoms with van der Waals surface area (Å²) in [5.74, 6) is 0.558. The smallest absolute Gasteiger partial charge is 0.214 e. The summed E-state index contributed by atoms with van der Waals surface area (Å²) in [6.45, 7) is 5.91. The van der Waals surface area contributed by atoms with Gasteiger partial charge in [0.05, 0.1) is 17.4 Å². The van der Waals surface area contributed by atoms with Gasteiger partial charge in [0.1, 0.15) is 11.4 Å². The van der Waals surface area contributed by atoms with Crippen molar-refractivity contribution in [3.05, 3.63) is 47.3 Å². The van der Waals surface area contributed by atoms with Crippen LogP contribution in [0.25, 0.3) is 0 Å². The number of para-hydroxylation sites is 1. The van der Waals surface area contributed by atoms with Crippen molar-refractivity contribution in [1.82, 2.24) is 9.78 Å². The second-order valence-corrected chi connectivity index (χ2v) is 4.99. The number of ether oxygens (including phenoxy) is 1. The Kier molecular flexibility index (Phi) is 4.23. The van der Waals surface area contributed by atoms with Gasteiger partial charge in [-0.3, -0.25) is 9.48 Å². The van der Waals surface area contributed by atoms with Gasteiger partial charge in [-0.15, -0.1) is 0 Å². The summed E-state index contributed by atoms with van der Waals surface area (Å²) in [5.41, 5.74) is 2.08. The Morgan fingerprint density at radius 1 is 1.35 bits per heavy atom. The predicted octanol–water partition coefficient (Wildman–Crippen LogP) is 3.00. The Hall–Kier alpha value is -2.10. The molecular weight excluding hydrogens is 252 g/mol. The van der Waals surface area contributed by atoms with Crippen molar-refractivity contribution in [1.29, 1.82) is 0 Å². The van der Waals surface area contributed by atoms with Crippen LogP contribution in [0.15, 0.2) is 30.3 Å². The first-order chi connectivity index (χ1) is 9.52. The second kappa shape index (κ2) is 5.90. The first-order valence-corrected chi connectivity index (χ1v) is 6.86. The van der Waals surface area contributed by atoms with Gasteiger partial charge in [0.15, 0.2) is 0 Å². The molecule has 4 nitrogen and oxygen atoms in total. The van der Waals surface area contributed by atoms with E-state index in [0.717, 1.165) is 12.1 Å². The van der Waals surface area contributed by atoms with Gasteiger partial charge in [-0.05, 0) is 38.5 Å². The summed E-state index contributed by atoms with van der Waals surface area (Å²) in [6.07, 6.45) is 0.840. The van der Waals surface area contributed by atoms with E-state index in [1.807, 2.05) is 45.0 Å². The number of aromatic nitrogens is 2. The van der Waals surface area contributed by atoms with Gasteiger partial charge in [-0.2, -0.15) is 5.10 Å². The molecule has 0 unspecified atom stereocenters. The zero-order valence-electron chi connectivity index (χ0n) is 12.4. The van der Waals surface area contributed by atoms with Crippen molar-refractivity contribution in [2.45, 2.75) is 33.3 Å². The van der Waals surface area contributed by atoms with Gasteiger partial charge < -0.3 is 4.74 Å². The number of nitrogens with zero attached hydrogens (tertiary/aromatic N) is 2. The van der Waals surface area contributed by atoms with Crippen LogP contribution in [-0.2, 0) is 13.5 Å². The highest BCUT2D eigenvalue weighted by Gasteiger charge is 2.19. The minimum absolute atomic E-state index is 0.0293. The van der Waals surface area contributed by atoms with Gasteiger partial charge in [0, 0.05) is 7.05 Å². The normalized spacial score (nSPS) is 10.8. The van der Waals surface area contributed by atoms with Crippen molar-refractivity contribution < 1.29 is 9.53 Å². The molecular formula is C16H20N2O2. The summed E-state index contributed by atoms with van der Waals surface area (Å²) in [6, 6.07) is 9.17. The van der Waals surface area contributed by atoms with Crippen LogP contribution >= 0.6 is 0 Å². The molecule has 0 fully saturated rings. The summed E-state index contributed by atoms with van der Waals surface area (Å²) in [4.78, 5) is 12.7. The Bertz CT molecular complexity index is 615. The van der Waals surface area contributed by atoms with Gasteiger partial charge in [-0.1, -0.05) is 19.1 Å². The molecule has 20 heavy (non-hydrogen) atoms. The van der Waals surface area contributed by atoms with E-state index >= 15 is 0 Å². The van der Waals surface area contributed by atoms with Gasteiger partial charge in [-0.25, -0.2) is 0 Å². The Balaban J connectivity index is 2.40. The monoisotopic (exact) mass is 272 g/mol. The van der Waals surface area contributed by atoms with Crippen LogP contribution in [0.2, 0.25) is 0 Å². The van der Waals surface area contributed by atoms with E-state index in [1.165, 1.54) is 0 Å². The average Bonchev–Trinajstić information content (AvgIpc) is 2.79. The number of hydrogen-bond donors (Lipinski definition) is 0. The van der Waals surface area contributed by atoms with Crippen LogP contribution in [0, 0.1) is 0 Å². The molecule has 0 radical (unpaired) electrons. The molecule has 4 heteroatoms. The maximum Gasteiger partial charge on any atom is 0.214 e. The zero-order valence-corrected chi connectivity index (χ0v) is 12.4. The largest absolute Gasteiger partial charge is 0.490 e. The number of aryl methyl sites for hydroxylation is 2. The molecule has 0 atom stereocenters. The molecule has 106 valence electrons. The van der Waals surface area contributed by atoms with Gasteiger partial charge >= 0.3 is 0 Å². The second-order valence-electron chi connectivity index (χ2n) is 4.99. The molecule has 0 aliphatic carbocycles. The maximum absolute atomic E-state index is 12.7. The predicted molar refractivity (Wildman–Crippen MR) is 78.2 cm³/mol. The van der Waals surface area contributed by atoms with Crippen molar-refractivity contribution in [2.75, 3.05) is 0 Å². The van der Waals surface area contributed by atoms with Crippen LogP contribution in [0.3, 0.4) is 0 Å². The maximum atomic E-state index is 12.7. The van der Waals surface area contributed by atoms with Gasteiger partial charge in [0.25, 0.3) is 0 Å². The fraction of sp³-hybridized carbons (Fsp3) is 0.375. The number of carbonyl (C=O) groups excluding carboxylic acids is 1. The Labute approximate surface area is 119 Å². The molecule has 2 rings (SSSR count). The third-order valence-electron chi connectivity index (χ3n) is 3.02. The van der Waals surface area contributed by atoms with E-state index in [9.17, 15) is 4.79 Å². The van der Waals surface area contributed by atoms with Crippen molar-refractivity contribution in [3.8, 4) is 5.75 Å². The SMILES string of the molecule is CCc1cc(C(=O)c2ccccc2OC(C)C)n(C)n1. The number of benzene rings is 1. The first kappa shape index (κ1) is 14.3. The minimum atomic E-state index is -0.0593. The summed E-state index contributed by atoms with van der Waals surface area (Å²) in [5, 5.41) is 4.32. The number of carbonyl (C=O) groups is 1. The highest BCUT2D eigenvalue weighted by atomic mass is 16.5. The molecule has 1 aromatic heterocycles. The van der Waals surface area contributed by atoms with E-state index < -0.39 is 0 Å². The molecule has 2 aromatic rings. The minimum Gasteiger partial charge on any atom is -0.490 e. The number of rotatable bonds is 5. The van der Waals surface area contributed by atoms with Gasteiger partial charge in [0.2, 0.25) is 5.78 Å². The summed E-state index contributed by atoms with van der Waals surface area (Å²) >= 11 is 0. The molecule has 0 N–H and O–H groups in total. The lowest BCUT2D eigenvalue weighted by Gasteiger charge is -2.13. The lowest BCUT2D eigenvalue weighted by Crippen LogP contribution is -2.13. The molecule has 0 saturated carbocycles. The van der Waals surface area contributed by atoms with Crippen LogP contribution < -0.4 is 4.74 Å². The van der Waals surface area contributed by atoms with Crippen molar-refractivity contribution in [2.24, 2.45) is 7.05 Å². The van der Waals surface area contributed by atoms with E-state index in [2.05, 4.69) is 5.10 Å². The van der Waals surface area contributed by atoms with E-state index in [0.29, 0.717) is 17.0 Å². The Morgan fingerprint density at radius 3 is 2.65 bits per heavy atom. The number of ketones is 1. The highest BCUT2D eigenvalue weighted by Crippen LogP contribution is 2.23. The average molecular weight is 272 g/mol. The fourth-order valence-electron chi connectivity index (χ4n) is 2.06. The first-order valence-electron chi connectivity index (χ1n) is 6.86. The van der Waals surface area contributed by atoms with E-state index in [1.54, 1.807) is 17.8 Å². The molecule has 0 bridgehead atoms. The van der Waals surface area contributed by atoms with Crippen LogP contribution in [-0.4, -0.2) is 21.7 Å². The van der Waals surface area contributed by atoms with Crippen molar-refractivity contribution >= 4 is 5.78 Å². The van der Waals surface area contributed by atoms with E-state index in [-0.39, 0.29) is 11.9 Å². The number of hydrogen-bond acceptors (Lipinski definition) is 3. The molecule has 0 saturated heterocycles. The molecule has 0 aliphatic heterocycles. The van der Waals surface area contributed by atoms with Crippen LogP contribution in [0.1, 0.15) is 42.5 Å². The van der Waals surface area contributed by atoms with E-state index in [4.69, 9.17) is 4.74 Å². The third-order valence-corrected chi connectivity index (χ3v) is 3.02. The quantitative estimate of drug-likeness (QED) is 0.786. The van der Waals surface area contributed by atoms with Crippen molar-refractivity contribution in [3.63, 3.8) is 0 Å². The molecule has 1 heterocycles. The lowest BCUT2D eigenvalue weighted by atomic mass is 10.1. The topological polar surface area (TPSA) is 44.1 Å². The highest BCUT2D eigenvalue weighted by molar-refractivity contribution is 6.09. The molecule has 0 aliphatic rings. The molecule has 0 amide bonds. The summed E-state index contributed by atoms with van der Waals surface area (Å²) in [7, 11) is 1.79. The lowest BCUT2D eigenvalue weighted by molar-refractivity contribution is 0.102. The molecule has 1 aromatic carbocycles. The van der Waals surface area contributed by atoms with Crippen LogP contribution in [0.4, 0.5) is 0 Å². The zero-order chi connectivity index (χ0) is 14.7. The third kappa shape index (κ3) is 2.90.